The first-order valence-electron chi connectivity index (χ1n) is 4.89. The van der Waals surface area contributed by atoms with Crippen molar-refractivity contribution in [3.63, 3.8) is 0 Å². The molecule has 0 saturated heterocycles. The van der Waals surface area contributed by atoms with E-state index in [1.807, 2.05) is 0 Å². The van der Waals surface area contributed by atoms with Gasteiger partial charge in [-0.25, -0.2) is 0 Å². The average Bonchev–Trinajstić information content (AvgIpc) is 2.28. The Kier molecular flexibility index (Phi) is 5.24. The summed E-state index contributed by atoms with van der Waals surface area (Å²) < 4.78 is 11.6. The standard InChI is InChI=1S/C10H10ClNO5S/c11-8-2-1-7(9(5-8)12(15)16)6-18(17)4-3-10(13)14/h1-2,5H,3-4,6H2,(H,13,14). The highest BCUT2D eigenvalue weighted by molar-refractivity contribution is 7.84. The Labute approximate surface area is 110 Å². The molecular weight excluding hydrogens is 282 g/mol. The van der Waals surface area contributed by atoms with Crippen molar-refractivity contribution in [2.75, 3.05) is 5.75 Å². The number of carboxylic acids is 1. The van der Waals surface area contributed by atoms with Gasteiger partial charge in [0.2, 0.25) is 0 Å². The van der Waals surface area contributed by atoms with Gasteiger partial charge in [0.25, 0.3) is 5.69 Å². The van der Waals surface area contributed by atoms with Crippen LogP contribution in [0.3, 0.4) is 0 Å². The molecule has 8 heteroatoms. The zero-order valence-electron chi connectivity index (χ0n) is 9.17. The Balaban J connectivity index is 2.81. The number of aliphatic carboxylic acids is 1. The number of nitrogens with zero attached hydrogens (tertiary/aromatic N) is 1. The van der Waals surface area contributed by atoms with Crippen LogP contribution in [-0.4, -0.2) is 26.0 Å². The van der Waals surface area contributed by atoms with Crippen LogP contribution in [0.4, 0.5) is 5.69 Å². The van der Waals surface area contributed by atoms with Crippen LogP contribution in [0.2, 0.25) is 5.02 Å². The highest BCUT2D eigenvalue weighted by Crippen LogP contribution is 2.24. The van der Waals surface area contributed by atoms with Gasteiger partial charge in [-0.05, 0) is 12.1 Å². The first-order valence-corrected chi connectivity index (χ1v) is 6.76. The SMILES string of the molecule is O=C(O)CCS(=O)Cc1ccc(Cl)cc1[N+](=O)[O-]. The number of hydrogen-bond donors (Lipinski definition) is 1. The topological polar surface area (TPSA) is 97.5 Å². The lowest BCUT2D eigenvalue weighted by atomic mass is 10.2. The fourth-order valence-electron chi connectivity index (χ4n) is 1.28. The van der Waals surface area contributed by atoms with E-state index in [0.717, 1.165) is 0 Å². The number of benzene rings is 1. The lowest BCUT2D eigenvalue weighted by Crippen LogP contribution is -2.07. The van der Waals surface area contributed by atoms with E-state index in [1.54, 1.807) is 0 Å². The molecule has 18 heavy (non-hydrogen) atoms. The maximum absolute atomic E-state index is 11.6. The third kappa shape index (κ3) is 4.42. The highest BCUT2D eigenvalue weighted by atomic mass is 35.5. The van der Waals surface area contributed by atoms with Crippen molar-refractivity contribution in [2.45, 2.75) is 12.2 Å². The molecule has 1 rings (SSSR count). The first-order chi connectivity index (χ1) is 8.40. The fraction of sp³-hybridized carbons (Fsp3) is 0.300. The van der Waals surface area contributed by atoms with Crippen molar-refractivity contribution in [2.24, 2.45) is 0 Å². The van der Waals surface area contributed by atoms with Gasteiger partial charge < -0.3 is 5.11 Å². The van der Waals surface area contributed by atoms with Crippen molar-refractivity contribution >= 4 is 34.1 Å². The van der Waals surface area contributed by atoms with Crippen molar-refractivity contribution in [1.82, 2.24) is 0 Å². The molecule has 98 valence electrons. The lowest BCUT2D eigenvalue weighted by molar-refractivity contribution is -0.385. The van der Waals surface area contributed by atoms with Gasteiger partial charge in [-0.2, -0.15) is 0 Å². The summed E-state index contributed by atoms with van der Waals surface area (Å²) in [6.45, 7) is 0. The molecule has 6 nitrogen and oxygen atoms in total. The van der Waals surface area contributed by atoms with E-state index in [2.05, 4.69) is 0 Å². The second kappa shape index (κ2) is 6.46. The Hall–Kier alpha value is -1.47. The molecule has 0 fully saturated rings. The van der Waals surface area contributed by atoms with Crippen LogP contribution in [0.5, 0.6) is 0 Å². The zero-order valence-corrected chi connectivity index (χ0v) is 10.7. The number of rotatable bonds is 6. The van der Waals surface area contributed by atoms with Crippen LogP contribution in [-0.2, 0) is 21.3 Å². The van der Waals surface area contributed by atoms with Crippen LogP contribution in [0, 0.1) is 10.1 Å². The summed E-state index contributed by atoms with van der Waals surface area (Å²) in [5, 5.41) is 19.4. The quantitative estimate of drug-likeness (QED) is 0.638. The molecule has 0 amide bonds. The Morgan fingerprint density at radius 3 is 2.72 bits per heavy atom. The average molecular weight is 292 g/mol. The van der Waals surface area contributed by atoms with Crippen LogP contribution >= 0.6 is 11.6 Å². The van der Waals surface area contributed by atoms with Crippen LogP contribution in [0.25, 0.3) is 0 Å². The summed E-state index contributed by atoms with van der Waals surface area (Å²) in [4.78, 5) is 20.5. The van der Waals surface area contributed by atoms with Gasteiger partial charge in [-0.1, -0.05) is 11.6 Å². The van der Waals surface area contributed by atoms with Gasteiger partial charge in [-0.3, -0.25) is 19.1 Å². The molecule has 0 saturated carbocycles. The molecule has 0 aliphatic rings. The van der Waals surface area contributed by atoms with E-state index in [-0.39, 0.29) is 34.2 Å². The minimum Gasteiger partial charge on any atom is -0.481 e. The van der Waals surface area contributed by atoms with Gasteiger partial charge in [0.05, 0.1) is 17.1 Å². The van der Waals surface area contributed by atoms with Crippen molar-refractivity contribution < 1.29 is 19.0 Å². The molecule has 0 aliphatic carbocycles. The molecule has 1 aromatic rings. The second-order valence-corrected chi connectivity index (χ2v) is 5.48. The lowest BCUT2D eigenvalue weighted by Gasteiger charge is -2.03. The normalized spacial score (nSPS) is 12.1. The van der Waals surface area contributed by atoms with Crippen molar-refractivity contribution in [1.29, 1.82) is 0 Å². The fourth-order valence-corrected chi connectivity index (χ4v) is 2.58. The maximum atomic E-state index is 11.6. The Morgan fingerprint density at radius 2 is 2.17 bits per heavy atom. The molecule has 0 aromatic heterocycles. The minimum atomic E-state index is -1.45. The number of nitro benzene ring substituents is 1. The number of hydrogen-bond acceptors (Lipinski definition) is 4. The second-order valence-electron chi connectivity index (χ2n) is 3.46. The predicted octanol–water partition coefficient (Wildman–Crippen LogP) is 1.97. The van der Waals surface area contributed by atoms with Gasteiger partial charge in [0.1, 0.15) is 0 Å². The predicted molar refractivity (Wildman–Crippen MR) is 67.1 cm³/mol. The third-order valence-corrected chi connectivity index (χ3v) is 3.63. The van der Waals surface area contributed by atoms with E-state index >= 15 is 0 Å². The first kappa shape index (κ1) is 14.6. The van der Waals surface area contributed by atoms with Crippen molar-refractivity contribution in [3.05, 3.63) is 38.9 Å². The maximum Gasteiger partial charge on any atom is 0.304 e. The number of carboxylic acid groups (broad SMARTS) is 1. The molecule has 0 heterocycles. The molecule has 1 atom stereocenters. The molecular formula is C10H10ClNO5S. The van der Waals surface area contributed by atoms with Gasteiger partial charge in [-0.15, -0.1) is 0 Å². The van der Waals surface area contributed by atoms with E-state index in [1.165, 1.54) is 18.2 Å². The summed E-state index contributed by atoms with van der Waals surface area (Å²) in [6, 6.07) is 4.09. The molecule has 1 unspecified atom stereocenters. The van der Waals surface area contributed by atoms with Gasteiger partial charge >= 0.3 is 5.97 Å². The molecule has 0 aliphatic heterocycles. The number of halogens is 1. The smallest absolute Gasteiger partial charge is 0.304 e. The Morgan fingerprint density at radius 1 is 1.50 bits per heavy atom. The van der Waals surface area contributed by atoms with Crippen LogP contribution in [0.1, 0.15) is 12.0 Å². The molecule has 0 bridgehead atoms. The monoisotopic (exact) mass is 291 g/mol. The van der Waals surface area contributed by atoms with E-state index in [4.69, 9.17) is 16.7 Å². The Bertz CT molecular complexity index is 505. The zero-order chi connectivity index (χ0) is 13.7. The summed E-state index contributed by atoms with van der Waals surface area (Å²) in [6.07, 6.45) is -0.228. The third-order valence-electron chi connectivity index (χ3n) is 2.10. The largest absolute Gasteiger partial charge is 0.481 e. The van der Waals surface area contributed by atoms with Gasteiger partial charge in [0, 0.05) is 33.2 Å². The van der Waals surface area contributed by atoms with E-state index in [9.17, 15) is 19.1 Å². The summed E-state index contributed by atoms with van der Waals surface area (Å²) >= 11 is 5.64. The van der Waals surface area contributed by atoms with E-state index < -0.39 is 21.7 Å². The number of carbonyl (C=O) groups is 1. The molecule has 1 N–H and O–H groups in total. The van der Waals surface area contributed by atoms with Crippen LogP contribution < -0.4 is 0 Å². The summed E-state index contributed by atoms with van der Waals surface area (Å²) in [7, 11) is -1.45. The highest BCUT2D eigenvalue weighted by Gasteiger charge is 2.16. The minimum absolute atomic E-state index is 0.0326. The van der Waals surface area contributed by atoms with Gasteiger partial charge in [0.15, 0.2) is 0 Å². The summed E-state index contributed by atoms with van der Waals surface area (Å²) in [5.41, 5.74) is 0.0827. The summed E-state index contributed by atoms with van der Waals surface area (Å²) in [5.74, 6) is -1.13. The number of nitro groups is 1. The van der Waals surface area contributed by atoms with E-state index in [0.29, 0.717) is 0 Å². The van der Waals surface area contributed by atoms with Crippen molar-refractivity contribution in [3.8, 4) is 0 Å². The van der Waals surface area contributed by atoms with Crippen LogP contribution in [0.15, 0.2) is 18.2 Å². The molecule has 0 radical (unpaired) electrons. The molecule has 0 spiro atoms. The molecule has 1 aromatic carbocycles.